The van der Waals surface area contributed by atoms with Gasteiger partial charge in [0.15, 0.2) is 0 Å². The van der Waals surface area contributed by atoms with Crippen molar-refractivity contribution in [3.8, 4) is 0 Å². The summed E-state index contributed by atoms with van der Waals surface area (Å²) in [6.45, 7) is 4.56. The van der Waals surface area contributed by atoms with Crippen molar-refractivity contribution in [1.29, 1.82) is 0 Å². The Bertz CT molecular complexity index is 252. The quantitative estimate of drug-likeness (QED) is 0.171. The zero-order valence-electron chi connectivity index (χ0n) is 19.9. The van der Waals surface area contributed by atoms with Crippen LogP contribution in [-0.2, 0) is 0 Å². The summed E-state index contributed by atoms with van der Waals surface area (Å²) in [5, 5.41) is 0. The first-order chi connectivity index (χ1) is 13.7. The Morgan fingerprint density at radius 1 is 0.357 bits per heavy atom. The molecule has 0 saturated carbocycles. The standard InChI is InChI=1S/C26H56N2/c1-3-5-7-9-13-17-21-25(27)23-19-15-11-12-16-20-24-26(28)22-18-14-10-8-6-4-2/h25-26H,3-24,27-28H2,1-2H3. The maximum atomic E-state index is 6.27. The van der Waals surface area contributed by atoms with Gasteiger partial charge in [0, 0.05) is 12.1 Å². The van der Waals surface area contributed by atoms with Gasteiger partial charge < -0.3 is 11.5 Å². The summed E-state index contributed by atoms with van der Waals surface area (Å²) in [5.41, 5.74) is 12.5. The van der Waals surface area contributed by atoms with E-state index in [0.29, 0.717) is 12.1 Å². The van der Waals surface area contributed by atoms with Gasteiger partial charge in [0.1, 0.15) is 0 Å². The fourth-order valence-electron chi connectivity index (χ4n) is 4.18. The van der Waals surface area contributed by atoms with E-state index in [1.54, 1.807) is 0 Å². The van der Waals surface area contributed by atoms with Crippen molar-refractivity contribution in [1.82, 2.24) is 0 Å². The van der Waals surface area contributed by atoms with Crippen LogP contribution in [0, 0.1) is 0 Å². The first-order valence-electron chi connectivity index (χ1n) is 13.2. The van der Waals surface area contributed by atoms with Crippen LogP contribution in [0.1, 0.15) is 155 Å². The molecule has 2 heteroatoms. The fraction of sp³-hybridized carbons (Fsp3) is 1.00. The molecule has 0 fully saturated rings. The Morgan fingerprint density at radius 2 is 0.571 bits per heavy atom. The van der Waals surface area contributed by atoms with Crippen LogP contribution in [0.25, 0.3) is 0 Å². The smallest absolute Gasteiger partial charge is 0.00388 e. The summed E-state index contributed by atoms with van der Waals surface area (Å²) in [7, 11) is 0. The van der Waals surface area contributed by atoms with Crippen molar-refractivity contribution in [2.75, 3.05) is 0 Å². The van der Waals surface area contributed by atoms with Crippen molar-refractivity contribution in [2.24, 2.45) is 11.5 Å². The van der Waals surface area contributed by atoms with E-state index in [2.05, 4.69) is 13.8 Å². The second-order valence-electron chi connectivity index (χ2n) is 9.33. The molecule has 0 aliphatic heterocycles. The van der Waals surface area contributed by atoms with E-state index in [0.717, 1.165) is 0 Å². The van der Waals surface area contributed by atoms with Crippen LogP contribution < -0.4 is 11.5 Å². The van der Waals surface area contributed by atoms with Crippen molar-refractivity contribution in [3.05, 3.63) is 0 Å². The molecular weight excluding hydrogens is 340 g/mol. The minimum Gasteiger partial charge on any atom is -0.328 e. The predicted octanol–water partition coefficient (Wildman–Crippen LogP) is 8.26. The Kier molecular flexibility index (Phi) is 23.1. The third-order valence-corrected chi connectivity index (χ3v) is 6.26. The van der Waals surface area contributed by atoms with E-state index in [1.807, 2.05) is 0 Å². The SMILES string of the molecule is CCCCCCCCC(N)CCCCCCCCC(N)CCCCCCCC. The third-order valence-electron chi connectivity index (χ3n) is 6.26. The van der Waals surface area contributed by atoms with Crippen LogP contribution in [-0.4, -0.2) is 12.1 Å². The van der Waals surface area contributed by atoms with Gasteiger partial charge in [-0.2, -0.15) is 0 Å². The monoisotopic (exact) mass is 396 g/mol. The number of unbranched alkanes of at least 4 members (excludes halogenated alkanes) is 15. The largest absolute Gasteiger partial charge is 0.328 e. The summed E-state index contributed by atoms with van der Waals surface area (Å²) in [4.78, 5) is 0. The number of hydrogen-bond acceptors (Lipinski definition) is 2. The lowest BCUT2D eigenvalue weighted by atomic mass is 9.99. The summed E-state index contributed by atoms with van der Waals surface area (Å²) in [5.74, 6) is 0. The highest BCUT2D eigenvalue weighted by atomic mass is 14.6. The molecule has 0 heterocycles. The molecule has 28 heavy (non-hydrogen) atoms. The predicted molar refractivity (Wildman–Crippen MR) is 129 cm³/mol. The Labute approximate surface area is 179 Å². The minimum absolute atomic E-state index is 0.450. The number of hydrogen-bond donors (Lipinski definition) is 2. The molecule has 0 aliphatic rings. The zero-order valence-corrected chi connectivity index (χ0v) is 19.9. The highest BCUT2D eigenvalue weighted by Gasteiger charge is 2.04. The van der Waals surface area contributed by atoms with E-state index in [4.69, 9.17) is 11.5 Å². The summed E-state index contributed by atoms with van der Waals surface area (Å²) >= 11 is 0. The van der Waals surface area contributed by atoms with Crippen LogP contribution in [0.3, 0.4) is 0 Å². The molecule has 4 N–H and O–H groups in total. The second-order valence-corrected chi connectivity index (χ2v) is 9.33. The molecule has 0 bridgehead atoms. The second kappa shape index (κ2) is 23.2. The maximum Gasteiger partial charge on any atom is 0.00388 e. The lowest BCUT2D eigenvalue weighted by Gasteiger charge is -2.12. The first-order valence-corrected chi connectivity index (χ1v) is 13.2. The average molecular weight is 397 g/mol. The van der Waals surface area contributed by atoms with Gasteiger partial charge in [-0.1, -0.05) is 129 Å². The highest BCUT2D eigenvalue weighted by molar-refractivity contribution is 4.63. The Balaban J connectivity index is 3.23. The molecule has 0 radical (unpaired) electrons. The molecule has 2 atom stereocenters. The fourth-order valence-corrected chi connectivity index (χ4v) is 4.18. The highest BCUT2D eigenvalue weighted by Crippen LogP contribution is 2.15. The zero-order chi connectivity index (χ0) is 20.7. The molecular formula is C26H56N2. The molecule has 170 valence electrons. The molecule has 0 spiro atoms. The van der Waals surface area contributed by atoms with Gasteiger partial charge in [0.25, 0.3) is 0 Å². The van der Waals surface area contributed by atoms with Gasteiger partial charge >= 0.3 is 0 Å². The van der Waals surface area contributed by atoms with Crippen molar-refractivity contribution < 1.29 is 0 Å². The number of nitrogens with two attached hydrogens (primary N) is 2. The van der Waals surface area contributed by atoms with Gasteiger partial charge in [-0.25, -0.2) is 0 Å². The Hall–Kier alpha value is -0.0800. The molecule has 0 aromatic carbocycles. The summed E-state index contributed by atoms with van der Waals surface area (Å²) in [6, 6.07) is 0.900. The topological polar surface area (TPSA) is 52.0 Å². The normalized spacial score (nSPS) is 13.7. The van der Waals surface area contributed by atoms with E-state index in [1.165, 1.54) is 141 Å². The summed E-state index contributed by atoms with van der Waals surface area (Å²) < 4.78 is 0. The van der Waals surface area contributed by atoms with Gasteiger partial charge in [-0.15, -0.1) is 0 Å². The number of rotatable bonds is 23. The van der Waals surface area contributed by atoms with E-state index in [-0.39, 0.29) is 0 Å². The lowest BCUT2D eigenvalue weighted by molar-refractivity contribution is 0.469. The molecule has 0 amide bonds. The molecule has 0 aliphatic carbocycles. The van der Waals surface area contributed by atoms with E-state index >= 15 is 0 Å². The Morgan fingerprint density at radius 3 is 0.821 bits per heavy atom. The van der Waals surface area contributed by atoms with Crippen LogP contribution in [0.2, 0.25) is 0 Å². The molecule has 0 aromatic rings. The average Bonchev–Trinajstić information content (AvgIpc) is 2.69. The van der Waals surface area contributed by atoms with Crippen molar-refractivity contribution in [2.45, 2.75) is 167 Å². The van der Waals surface area contributed by atoms with Crippen LogP contribution in [0.4, 0.5) is 0 Å². The van der Waals surface area contributed by atoms with Crippen LogP contribution in [0.15, 0.2) is 0 Å². The lowest BCUT2D eigenvalue weighted by Crippen LogP contribution is -2.19. The van der Waals surface area contributed by atoms with Crippen molar-refractivity contribution >= 4 is 0 Å². The van der Waals surface area contributed by atoms with Crippen LogP contribution >= 0.6 is 0 Å². The molecule has 0 aromatic heterocycles. The van der Waals surface area contributed by atoms with E-state index < -0.39 is 0 Å². The molecule has 0 saturated heterocycles. The third kappa shape index (κ3) is 22.2. The molecule has 2 nitrogen and oxygen atoms in total. The summed E-state index contributed by atoms with van der Waals surface area (Å²) in [6.07, 6.45) is 29.7. The van der Waals surface area contributed by atoms with Gasteiger partial charge in [0.2, 0.25) is 0 Å². The maximum absolute atomic E-state index is 6.27. The van der Waals surface area contributed by atoms with Crippen molar-refractivity contribution in [3.63, 3.8) is 0 Å². The van der Waals surface area contributed by atoms with Gasteiger partial charge in [-0.05, 0) is 25.7 Å². The van der Waals surface area contributed by atoms with Crippen LogP contribution in [0.5, 0.6) is 0 Å². The van der Waals surface area contributed by atoms with Gasteiger partial charge in [0.05, 0.1) is 0 Å². The first kappa shape index (κ1) is 27.9. The molecule has 0 rings (SSSR count). The minimum atomic E-state index is 0.450. The molecule has 2 unspecified atom stereocenters. The van der Waals surface area contributed by atoms with Gasteiger partial charge in [-0.3, -0.25) is 0 Å². The van der Waals surface area contributed by atoms with E-state index in [9.17, 15) is 0 Å².